The monoisotopic (exact) mass is 254 g/mol. The molecule has 0 atom stereocenters. The predicted octanol–water partition coefficient (Wildman–Crippen LogP) is -0.0348. The molecule has 0 bridgehead atoms. The van der Waals surface area contributed by atoms with Crippen LogP contribution in [0.3, 0.4) is 0 Å². The molecule has 0 aromatic carbocycles. The van der Waals surface area contributed by atoms with Crippen molar-refractivity contribution < 1.29 is 5.11 Å². The van der Waals surface area contributed by atoms with Gasteiger partial charge in [0.25, 0.3) is 5.56 Å². The lowest BCUT2D eigenvalue weighted by Crippen LogP contribution is -2.27. The number of fused-ring (bicyclic) bond motifs is 1. The molecule has 0 saturated heterocycles. The summed E-state index contributed by atoms with van der Waals surface area (Å²) in [6.07, 6.45) is 0. The van der Waals surface area contributed by atoms with Crippen LogP contribution >= 0.6 is 11.3 Å². The van der Waals surface area contributed by atoms with Crippen LogP contribution in [-0.2, 0) is 6.54 Å². The molecule has 2 aromatic rings. The number of aliphatic hydroxyl groups is 1. The third kappa shape index (κ3) is 2.68. The number of aliphatic hydroxyl groups excluding tert-OH is 1. The van der Waals surface area contributed by atoms with Gasteiger partial charge >= 0.3 is 0 Å². The fraction of sp³-hybridized carbons (Fsp3) is 0.500. The van der Waals surface area contributed by atoms with Crippen LogP contribution in [0.4, 0.5) is 0 Å². The molecule has 0 aliphatic heterocycles. The molecule has 1 N–H and O–H groups in total. The molecule has 0 saturated carbocycles. The van der Waals surface area contributed by atoms with Gasteiger partial charge in [-0.25, -0.2) is 4.98 Å². The maximum absolute atomic E-state index is 11.7. The lowest BCUT2D eigenvalue weighted by atomic mass is 10.3. The first-order valence-corrected chi connectivity index (χ1v) is 6.28. The van der Waals surface area contributed by atoms with Crippen molar-refractivity contribution in [3.8, 4) is 0 Å². The van der Waals surface area contributed by atoms with Crippen molar-refractivity contribution in [2.24, 2.45) is 0 Å². The number of likely N-dealkylation sites (N-methyl/N-ethyl adjacent to an activating group) is 1. The standard InChI is InChI=1S/C10H14N4O2S/c1-2-13(3-4-15)6-8-5-9(16)14-10(12-8)17-7-11-14/h5,7,15H,2-4,6H2,1H3. The normalized spacial score (nSPS) is 11.5. The zero-order chi connectivity index (χ0) is 12.3. The number of nitrogens with zero attached hydrogens (tertiary/aromatic N) is 4. The highest BCUT2D eigenvalue weighted by Crippen LogP contribution is 2.05. The first-order valence-electron chi connectivity index (χ1n) is 5.40. The molecular weight excluding hydrogens is 240 g/mol. The van der Waals surface area contributed by atoms with Crippen LogP contribution in [0.15, 0.2) is 16.4 Å². The quantitative estimate of drug-likeness (QED) is 0.811. The van der Waals surface area contributed by atoms with E-state index in [0.29, 0.717) is 18.1 Å². The van der Waals surface area contributed by atoms with Crippen molar-refractivity contribution >= 4 is 16.3 Å². The first kappa shape index (κ1) is 12.2. The van der Waals surface area contributed by atoms with Crippen LogP contribution in [0.1, 0.15) is 12.6 Å². The van der Waals surface area contributed by atoms with E-state index < -0.39 is 0 Å². The van der Waals surface area contributed by atoms with Gasteiger partial charge in [-0.05, 0) is 6.54 Å². The zero-order valence-corrected chi connectivity index (χ0v) is 10.4. The van der Waals surface area contributed by atoms with Crippen LogP contribution in [0.2, 0.25) is 0 Å². The van der Waals surface area contributed by atoms with Crippen molar-refractivity contribution in [2.75, 3.05) is 19.7 Å². The minimum Gasteiger partial charge on any atom is -0.395 e. The molecule has 92 valence electrons. The van der Waals surface area contributed by atoms with Crippen LogP contribution in [0.5, 0.6) is 0 Å². The summed E-state index contributed by atoms with van der Waals surface area (Å²) >= 11 is 1.34. The van der Waals surface area contributed by atoms with Gasteiger partial charge < -0.3 is 5.11 Å². The van der Waals surface area contributed by atoms with Crippen molar-refractivity contribution in [2.45, 2.75) is 13.5 Å². The van der Waals surface area contributed by atoms with Crippen molar-refractivity contribution in [3.05, 3.63) is 27.6 Å². The molecule has 2 rings (SSSR count). The third-order valence-electron chi connectivity index (χ3n) is 2.49. The summed E-state index contributed by atoms with van der Waals surface area (Å²) in [7, 11) is 0. The van der Waals surface area contributed by atoms with Gasteiger partial charge in [0.05, 0.1) is 12.3 Å². The highest BCUT2D eigenvalue weighted by atomic mass is 32.1. The Morgan fingerprint density at radius 3 is 3.12 bits per heavy atom. The maximum atomic E-state index is 11.7. The highest BCUT2D eigenvalue weighted by Gasteiger charge is 2.08. The number of rotatable bonds is 5. The minimum absolute atomic E-state index is 0.107. The average molecular weight is 254 g/mol. The van der Waals surface area contributed by atoms with Crippen molar-refractivity contribution in [3.63, 3.8) is 0 Å². The fourth-order valence-corrected chi connectivity index (χ4v) is 2.24. The molecule has 0 radical (unpaired) electrons. The lowest BCUT2D eigenvalue weighted by molar-refractivity contribution is 0.195. The Bertz CT molecular complexity index is 550. The van der Waals surface area contributed by atoms with Crippen LogP contribution in [0, 0.1) is 0 Å². The molecule has 7 heteroatoms. The molecule has 2 aromatic heterocycles. The molecule has 6 nitrogen and oxygen atoms in total. The van der Waals surface area contributed by atoms with E-state index in [0.717, 1.165) is 12.2 Å². The molecule has 17 heavy (non-hydrogen) atoms. The minimum atomic E-state index is -0.161. The highest BCUT2D eigenvalue weighted by molar-refractivity contribution is 7.14. The van der Waals surface area contributed by atoms with Crippen molar-refractivity contribution in [1.29, 1.82) is 0 Å². The van der Waals surface area contributed by atoms with Gasteiger partial charge in [-0.3, -0.25) is 9.69 Å². The second-order valence-electron chi connectivity index (χ2n) is 3.61. The van der Waals surface area contributed by atoms with Crippen LogP contribution < -0.4 is 5.56 Å². The summed E-state index contributed by atoms with van der Waals surface area (Å²) in [5, 5.41) is 12.8. The molecule has 0 unspecified atom stereocenters. The van der Waals surface area contributed by atoms with E-state index in [1.165, 1.54) is 21.9 Å². The maximum Gasteiger partial charge on any atom is 0.275 e. The summed E-state index contributed by atoms with van der Waals surface area (Å²) in [4.78, 5) is 18.7. The van der Waals surface area contributed by atoms with Crippen molar-refractivity contribution in [1.82, 2.24) is 19.5 Å². The molecule has 0 aliphatic carbocycles. The molecule has 0 amide bonds. The van der Waals surface area contributed by atoms with Gasteiger partial charge in [0.15, 0.2) is 0 Å². The van der Waals surface area contributed by atoms with E-state index in [4.69, 9.17) is 5.11 Å². The topological polar surface area (TPSA) is 70.7 Å². The fourth-order valence-electron chi connectivity index (χ4n) is 1.60. The molecule has 0 spiro atoms. The molecule has 2 heterocycles. The van der Waals surface area contributed by atoms with Gasteiger partial charge in [0.2, 0.25) is 4.96 Å². The number of hydrogen-bond acceptors (Lipinski definition) is 6. The SMILES string of the molecule is CCN(CCO)Cc1cc(=O)n2ncsc2n1. The smallest absolute Gasteiger partial charge is 0.275 e. The van der Waals surface area contributed by atoms with E-state index in [1.807, 2.05) is 11.8 Å². The van der Waals surface area contributed by atoms with E-state index >= 15 is 0 Å². The van der Waals surface area contributed by atoms with Gasteiger partial charge in [-0.2, -0.15) is 9.61 Å². The third-order valence-corrected chi connectivity index (χ3v) is 3.16. The number of hydrogen-bond donors (Lipinski definition) is 1. The Kier molecular flexibility index (Phi) is 3.82. The van der Waals surface area contributed by atoms with E-state index in [-0.39, 0.29) is 12.2 Å². The van der Waals surface area contributed by atoms with Gasteiger partial charge in [0, 0.05) is 19.2 Å². The largest absolute Gasteiger partial charge is 0.395 e. The van der Waals surface area contributed by atoms with E-state index in [1.54, 1.807) is 5.51 Å². The lowest BCUT2D eigenvalue weighted by Gasteiger charge is -2.18. The molecule has 0 fully saturated rings. The Labute approximate surface area is 102 Å². The summed E-state index contributed by atoms with van der Waals surface area (Å²) in [5.41, 5.74) is 2.15. The zero-order valence-electron chi connectivity index (χ0n) is 9.54. The second kappa shape index (κ2) is 5.35. The molecular formula is C10H14N4O2S. The van der Waals surface area contributed by atoms with Gasteiger partial charge in [0.1, 0.15) is 5.51 Å². The second-order valence-corrected chi connectivity index (χ2v) is 4.42. The van der Waals surface area contributed by atoms with Gasteiger partial charge in [-0.15, -0.1) is 0 Å². The summed E-state index contributed by atoms with van der Waals surface area (Å²) < 4.78 is 1.29. The predicted molar refractivity (Wildman–Crippen MR) is 65.2 cm³/mol. The van der Waals surface area contributed by atoms with E-state index in [2.05, 4.69) is 10.1 Å². The Morgan fingerprint density at radius 2 is 2.41 bits per heavy atom. The average Bonchev–Trinajstić information content (AvgIpc) is 2.77. The van der Waals surface area contributed by atoms with Crippen LogP contribution in [-0.4, -0.2) is 44.3 Å². The Hall–Kier alpha value is -1.31. The number of aromatic nitrogens is 3. The first-order chi connectivity index (χ1) is 8.24. The summed E-state index contributed by atoms with van der Waals surface area (Å²) in [6, 6.07) is 1.49. The summed E-state index contributed by atoms with van der Waals surface area (Å²) in [6.45, 7) is 4.08. The Morgan fingerprint density at radius 1 is 1.59 bits per heavy atom. The van der Waals surface area contributed by atoms with Crippen LogP contribution in [0.25, 0.3) is 4.96 Å². The van der Waals surface area contributed by atoms with Gasteiger partial charge in [-0.1, -0.05) is 18.3 Å². The summed E-state index contributed by atoms with van der Waals surface area (Å²) in [5.74, 6) is 0. The van der Waals surface area contributed by atoms with E-state index in [9.17, 15) is 4.79 Å². The Balaban J connectivity index is 2.26. The molecule has 0 aliphatic rings.